The SMILES string of the molecule is COC(=O)c1cncnc1N1CCC2(CC1)C[C@H](O)C[C@H](c1ccccc1)O2. The van der Waals surface area contributed by atoms with Crippen molar-refractivity contribution in [2.75, 3.05) is 25.1 Å². The molecule has 0 radical (unpaired) electrons. The van der Waals surface area contributed by atoms with Gasteiger partial charge in [0, 0.05) is 32.1 Å². The molecule has 0 aliphatic carbocycles. The minimum absolute atomic E-state index is 0.0961. The van der Waals surface area contributed by atoms with Crippen molar-refractivity contribution in [2.24, 2.45) is 0 Å². The topological polar surface area (TPSA) is 84.8 Å². The lowest BCUT2D eigenvalue weighted by atomic mass is 9.81. The molecule has 4 rings (SSSR count). The first kappa shape index (κ1) is 18.8. The molecule has 148 valence electrons. The van der Waals surface area contributed by atoms with Gasteiger partial charge in [0.2, 0.25) is 0 Å². The maximum Gasteiger partial charge on any atom is 0.343 e. The highest BCUT2D eigenvalue weighted by atomic mass is 16.5. The predicted octanol–water partition coefficient (Wildman–Crippen LogP) is 2.51. The summed E-state index contributed by atoms with van der Waals surface area (Å²) in [5.74, 6) is 0.150. The average molecular weight is 383 g/mol. The van der Waals surface area contributed by atoms with E-state index in [1.165, 1.54) is 19.6 Å². The first-order valence-corrected chi connectivity index (χ1v) is 9.64. The van der Waals surface area contributed by atoms with E-state index in [2.05, 4.69) is 27.0 Å². The van der Waals surface area contributed by atoms with Crippen molar-refractivity contribution in [3.05, 3.63) is 54.0 Å². The molecule has 3 heterocycles. The van der Waals surface area contributed by atoms with Gasteiger partial charge in [-0.1, -0.05) is 30.3 Å². The number of aliphatic hydroxyl groups excluding tert-OH is 1. The fourth-order valence-corrected chi connectivity index (χ4v) is 4.31. The molecule has 1 N–H and O–H groups in total. The third-order valence-corrected chi connectivity index (χ3v) is 5.73. The number of benzene rings is 1. The van der Waals surface area contributed by atoms with Crippen LogP contribution in [0.4, 0.5) is 5.82 Å². The van der Waals surface area contributed by atoms with Crippen molar-refractivity contribution < 1.29 is 19.4 Å². The van der Waals surface area contributed by atoms with Gasteiger partial charge >= 0.3 is 5.97 Å². The Kier molecular flexibility index (Phi) is 5.28. The van der Waals surface area contributed by atoms with Crippen molar-refractivity contribution in [3.63, 3.8) is 0 Å². The van der Waals surface area contributed by atoms with Crippen molar-refractivity contribution in [1.82, 2.24) is 9.97 Å². The summed E-state index contributed by atoms with van der Waals surface area (Å²) in [6.07, 6.45) is 5.24. The van der Waals surface area contributed by atoms with E-state index < -0.39 is 5.97 Å². The lowest BCUT2D eigenvalue weighted by Gasteiger charge is -2.48. The third kappa shape index (κ3) is 3.72. The molecular weight excluding hydrogens is 358 g/mol. The van der Waals surface area contributed by atoms with Crippen molar-refractivity contribution in [2.45, 2.75) is 43.5 Å². The maximum absolute atomic E-state index is 12.0. The lowest BCUT2D eigenvalue weighted by molar-refractivity contribution is -0.173. The number of carbonyl (C=O) groups is 1. The molecule has 0 bridgehead atoms. The van der Waals surface area contributed by atoms with Gasteiger partial charge in [-0.3, -0.25) is 0 Å². The van der Waals surface area contributed by atoms with E-state index in [1.807, 2.05) is 18.2 Å². The summed E-state index contributed by atoms with van der Waals surface area (Å²) in [5.41, 5.74) is 1.12. The van der Waals surface area contributed by atoms with Crippen LogP contribution < -0.4 is 4.90 Å². The van der Waals surface area contributed by atoms with Gasteiger partial charge in [0.1, 0.15) is 17.7 Å². The summed E-state index contributed by atoms with van der Waals surface area (Å²) in [5, 5.41) is 10.5. The van der Waals surface area contributed by atoms with E-state index in [1.54, 1.807) is 0 Å². The number of piperidine rings is 1. The number of hydrogen-bond acceptors (Lipinski definition) is 7. The van der Waals surface area contributed by atoms with Gasteiger partial charge in [-0.25, -0.2) is 14.8 Å². The molecule has 2 saturated heterocycles. The number of aromatic nitrogens is 2. The van der Waals surface area contributed by atoms with Crippen LogP contribution in [0.25, 0.3) is 0 Å². The van der Waals surface area contributed by atoms with Crippen LogP contribution in [-0.2, 0) is 9.47 Å². The smallest absolute Gasteiger partial charge is 0.343 e. The Morgan fingerprint density at radius 3 is 2.75 bits per heavy atom. The number of carbonyl (C=O) groups excluding carboxylic acids is 1. The largest absolute Gasteiger partial charge is 0.465 e. The van der Waals surface area contributed by atoms with Gasteiger partial charge < -0.3 is 19.5 Å². The molecule has 2 aliphatic rings. The molecule has 2 fully saturated rings. The molecule has 2 aliphatic heterocycles. The van der Waals surface area contributed by atoms with Crippen LogP contribution in [0.3, 0.4) is 0 Å². The second-order valence-electron chi connectivity index (χ2n) is 7.53. The molecule has 28 heavy (non-hydrogen) atoms. The molecule has 0 saturated carbocycles. The molecule has 1 spiro atoms. The van der Waals surface area contributed by atoms with Gasteiger partial charge in [-0.2, -0.15) is 0 Å². The average Bonchev–Trinajstić information content (AvgIpc) is 2.74. The Balaban J connectivity index is 1.50. The molecular formula is C21H25N3O4. The van der Waals surface area contributed by atoms with Gasteiger partial charge in [0.05, 0.1) is 24.9 Å². The monoisotopic (exact) mass is 383 g/mol. The Hall–Kier alpha value is -2.51. The minimum Gasteiger partial charge on any atom is -0.465 e. The number of aliphatic hydroxyl groups is 1. The van der Waals surface area contributed by atoms with E-state index in [9.17, 15) is 9.90 Å². The summed E-state index contributed by atoms with van der Waals surface area (Å²) < 4.78 is 11.4. The Morgan fingerprint density at radius 2 is 2.04 bits per heavy atom. The number of hydrogen-bond donors (Lipinski definition) is 1. The normalized spacial score (nSPS) is 24.1. The fraction of sp³-hybridized carbons (Fsp3) is 0.476. The van der Waals surface area contributed by atoms with Crippen LogP contribution in [0.5, 0.6) is 0 Å². The summed E-state index contributed by atoms with van der Waals surface area (Å²) >= 11 is 0. The Labute approximate surface area is 164 Å². The first-order valence-electron chi connectivity index (χ1n) is 9.64. The Bertz CT molecular complexity index is 821. The summed E-state index contributed by atoms with van der Waals surface area (Å²) in [6.45, 7) is 1.38. The highest BCUT2D eigenvalue weighted by Crippen LogP contribution is 2.43. The third-order valence-electron chi connectivity index (χ3n) is 5.73. The van der Waals surface area contributed by atoms with Crippen molar-refractivity contribution in [1.29, 1.82) is 0 Å². The lowest BCUT2D eigenvalue weighted by Crippen LogP contribution is -2.51. The standard InChI is InChI=1S/C21H25N3O4/c1-27-20(26)17-13-22-14-23-19(17)24-9-7-21(8-10-24)12-16(25)11-18(28-21)15-5-3-2-4-6-15/h2-6,13-14,16,18,25H,7-12H2,1H3/t16-,18-/m1/s1. The van der Waals surface area contributed by atoms with E-state index in [4.69, 9.17) is 9.47 Å². The summed E-state index contributed by atoms with van der Waals surface area (Å²) in [4.78, 5) is 22.4. The van der Waals surface area contributed by atoms with Gasteiger partial charge in [0.25, 0.3) is 0 Å². The Morgan fingerprint density at radius 1 is 1.29 bits per heavy atom. The zero-order valence-electron chi connectivity index (χ0n) is 16.0. The number of methoxy groups -OCH3 is 1. The molecule has 2 atom stereocenters. The van der Waals surface area contributed by atoms with Gasteiger partial charge in [0.15, 0.2) is 0 Å². The number of ether oxygens (including phenoxy) is 2. The van der Waals surface area contributed by atoms with Crippen molar-refractivity contribution >= 4 is 11.8 Å². The molecule has 7 heteroatoms. The van der Waals surface area contributed by atoms with E-state index in [-0.39, 0.29) is 17.8 Å². The number of anilines is 1. The fourth-order valence-electron chi connectivity index (χ4n) is 4.31. The minimum atomic E-state index is -0.440. The van der Waals surface area contributed by atoms with Crippen LogP contribution in [0, 0.1) is 0 Å². The number of nitrogens with zero attached hydrogens (tertiary/aromatic N) is 3. The van der Waals surface area contributed by atoms with Crippen LogP contribution in [0.15, 0.2) is 42.9 Å². The second-order valence-corrected chi connectivity index (χ2v) is 7.53. The highest BCUT2D eigenvalue weighted by molar-refractivity contribution is 5.94. The molecule has 1 aromatic heterocycles. The van der Waals surface area contributed by atoms with Crippen molar-refractivity contribution in [3.8, 4) is 0 Å². The second kappa shape index (κ2) is 7.85. The molecule has 2 aromatic rings. The van der Waals surface area contributed by atoms with Gasteiger partial charge in [-0.15, -0.1) is 0 Å². The molecule has 1 aromatic carbocycles. The van der Waals surface area contributed by atoms with Gasteiger partial charge in [-0.05, 0) is 18.4 Å². The summed E-state index contributed by atoms with van der Waals surface area (Å²) in [6, 6.07) is 10.1. The van der Waals surface area contributed by atoms with E-state index in [0.29, 0.717) is 37.3 Å². The molecule has 7 nitrogen and oxygen atoms in total. The van der Waals surface area contributed by atoms with Crippen LogP contribution >= 0.6 is 0 Å². The van der Waals surface area contributed by atoms with Crippen LogP contribution in [0.1, 0.15) is 47.7 Å². The quantitative estimate of drug-likeness (QED) is 0.815. The van der Waals surface area contributed by atoms with E-state index >= 15 is 0 Å². The molecule has 0 amide bonds. The first-order chi connectivity index (χ1) is 13.6. The predicted molar refractivity (Wildman–Crippen MR) is 103 cm³/mol. The molecule has 0 unspecified atom stereocenters. The summed E-state index contributed by atoms with van der Waals surface area (Å²) in [7, 11) is 1.35. The highest BCUT2D eigenvalue weighted by Gasteiger charge is 2.44. The van der Waals surface area contributed by atoms with Crippen LogP contribution in [0.2, 0.25) is 0 Å². The van der Waals surface area contributed by atoms with E-state index in [0.717, 1.165) is 18.4 Å². The van der Waals surface area contributed by atoms with Crippen LogP contribution in [-0.4, -0.2) is 52.9 Å². The maximum atomic E-state index is 12.0. The number of esters is 1. The number of rotatable bonds is 3. The zero-order valence-corrected chi connectivity index (χ0v) is 16.0. The zero-order chi connectivity index (χ0) is 19.6.